The molecule has 1 aliphatic carbocycles. The van der Waals surface area contributed by atoms with E-state index in [-0.39, 0.29) is 18.5 Å². The molecule has 24 heavy (non-hydrogen) atoms. The third kappa shape index (κ3) is 6.80. The van der Waals surface area contributed by atoms with Crippen LogP contribution in [0.2, 0.25) is 0 Å². The van der Waals surface area contributed by atoms with E-state index < -0.39 is 0 Å². The molecular formula is C19H39ClN2O2. The molecule has 1 N–H and O–H groups in total. The minimum atomic E-state index is -0.353. The Bertz CT molecular complexity index is 335. The van der Waals surface area contributed by atoms with Crippen LogP contribution in [0.4, 0.5) is 0 Å². The number of ether oxygens (including phenoxy) is 1. The molecule has 0 bridgehead atoms. The highest BCUT2D eigenvalue weighted by atomic mass is 35.5. The summed E-state index contributed by atoms with van der Waals surface area (Å²) in [6.07, 6.45) is 3.74. The molecule has 2 rings (SSSR count). The average molecular weight is 363 g/mol. The topological polar surface area (TPSA) is 35.9 Å². The predicted octanol–water partition coefficient (Wildman–Crippen LogP) is 2.88. The summed E-state index contributed by atoms with van der Waals surface area (Å²) in [5, 5.41) is 10.4. The van der Waals surface area contributed by atoms with Crippen molar-refractivity contribution in [3.8, 4) is 0 Å². The van der Waals surface area contributed by atoms with E-state index in [1.54, 1.807) is 0 Å². The first kappa shape index (κ1) is 22.2. The van der Waals surface area contributed by atoms with Crippen molar-refractivity contribution in [3.05, 3.63) is 0 Å². The number of aliphatic hydroxyl groups is 1. The van der Waals surface area contributed by atoms with Crippen LogP contribution in [0.3, 0.4) is 0 Å². The van der Waals surface area contributed by atoms with Crippen LogP contribution in [-0.4, -0.2) is 73.0 Å². The Kier molecular flexibility index (Phi) is 10.1. The molecule has 1 saturated carbocycles. The second-order valence-electron chi connectivity index (χ2n) is 8.09. The molecule has 0 spiro atoms. The van der Waals surface area contributed by atoms with E-state index in [4.69, 9.17) is 4.74 Å². The summed E-state index contributed by atoms with van der Waals surface area (Å²) >= 11 is 0. The first-order valence-corrected chi connectivity index (χ1v) is 9.74. The molecule has 0 aromatic carbocycles. The number of β-amino-alcohol motifs (C(OH)–C–C–N with tert-alkyl or cyclic N) is 1. The number of nitrogens with zero attached hydrogens (tertiary/aromatic N) is 2. The molecule has 5 heteroatoms. The zero-order valence-corrected chi connectivity index (χ0v) is 16.9. The van der Waals surface area contributed by atoms with Crippen LogP contribution in [0.25, 0.3) is 0 Å². The average Bonchev–Trinajstić information content (AvgIpc) is 2.53. The molecule has 144 valence electrons. The summed E-state index contributed by atoms with van der Waals surface area (Å²) in [5.74, 6) is 2.09. The van der Waals surface area contributed by atoms with Crippen LogP contribution >= 0.6 is 12.4 Å². The lowest BCUT2D eigenvalue weighted by molar-refractivity contribution is -0.0753. The zero-order valence-electron chi connectivity index (χ0n) is 16.1. The fraction of sp³-hybridized carbons (Fsp3) is 1.00. The Balaban J connectivity index is 0.00000288. The van der Waals surface area contributed by atoms with Crippen LogP contribution in [-0.2, 0) is 4.74 Å². The Hall–Kier alpha value is 0.130. The minimum Gasteiger partial charge on any atom is -0.389 e. The van der Waals surface area contributed by atoms with Crippen LogP contribution in [0.1, 0.15) is 47.0 Å². The predicted molar refractivity (Wildman–Crippen MR) is 103 cm³/mol. The Morgan fingerprint density at radius 1 is 1.08 bits per heavy atom. The molecule has 2 aliphatic rings. The van der Waals surface area contributed by atoms with Gasteiger partial charge in [-0.05, 0) is 37.1 Å². The Morgan fingerprint density at radius 2 is 1.71 bits per heavy atom. The summed E-state index contributed by atoms with van der Waals surface area (Å²) in [5.41, 5.74) is 0. The number of rotatable bonds is 7. The van der Waals surface area contributed by atoms with Crippen molar-refractivity contribution in [1.29, 1.82) is 0 Å². The molecule has 0 aromatic rings. The van der Waals surface area contributed by atoms with E-state index in [1.807, 2.05) is 0 Å². The van der Waals surface area contributed by atoms with Gasteiger partial charge in [0.1, 0.15) is 0 Å². The lowest BCUT2D eigenvalue weighted by Gasteiger charge is -2.38. The van der Waals surface area contributed by atoms with Crippen LogP contribution in [0.15, 0.2) is 0 Å². The quantitative estimate of drug-likeness (QED) is 0.755. The molecule has 0 radical (unpaired) electrons. The van der Waals surface area contributed by atoms with Crippen LogP contribution < -0.4 is 0 Å². The number of aliphatic hydroxyl groups excluding tert-OH is 1. The molecule has 0 aromatic heterocycles. The van der Waals surface area contributed by atoms with Crippen molar-refractivity contribution in [3.63, 3.8) is 0 Å². The molecule has 4 atom stereocenters. The van der Waals surface area contributed by atoms with Crippen molar-refractivity contribution >= 4 is 12.4 Å². The molecule has 2 fully saturated rings. The van der Waals surface area contributed by atoms with Crippen molar-refractivity contribution in [2.24, 2.45) is 17.8 Å². The Labute approximate surface area is 155 Å². The highest BCUT2D eigenvalue weighted by molar-refractivity contribution is 5.85. The maximum Gasteiger partial charge on any atom is 0.0900 e. The molecule has 4 nitrogen and oxygen atoms in total. The molecule has 1 aliphatic heterocycles. The number of piperazine rings is 1. The smallest absolute Gasteiger partial charge is 0.0900 e. The van der Waals surface area contributed by atoms with Crippen LogP contribution in [0, 0.1) is 17.8 Å². The molecular weight excluding hydrogens is 324 g/mol. The normalized spacial score (nSPS) is 31.0. The van der Waals surface area contributed by atoms with Gasteiger partial charge in [0.05, 0.1) is 18.8 Å². The van der Waals surface area contributed by atoms with Gasteiger partial charge in [0, 0.05) is 32.7 Å². The molecule has 1 heterocycles. The summed E-state index contributed by atoms with van der Waals surface area (Å²) in [6.45, 7) is 15.9. The minimum absolute atomic E-state index is 0. The van der Waals surface area contributed by atoms with Gasteiger partial charge in [-0.15, -0.1) is 12.4 Å². The van der Waals surface area contributed by atoms with E-state index in [2.05, 4.69) is 37.5 Å². The van der Waals surface area contributed by atoms with Crippen molar-refractivity contribution in [2.45, 2.75) is 59.2 Å². The van der Waals surface area contributed by atoms with E-state index in [0.29, 0.717) is 24.5 Å². The van der Waals surface area contributed by atoms with Gasteiger partial charge in [0.2, 0.25) is 0 Å². The highest BCUT2D eigenvalue weighted by Crippen LogP contribution is 2.35. The lowest BCUT2D eigenvalue weighted by Crippen LogP contribution is -2.49. The standard InChI is InChI=1S/C19H38N2O2.ClH/c1-5-20-8-10-21(11-9-20)13-17(22)14-23-19-12-16(4)6-7-18(19)15(2)3;/h15-19,22H,5-14H2,1-4H3;1H. The fourth-order valence-electron chi connectivity index (χ4n) is 4.18. The maximum atomic E-state index is 10.4. The third-order valence-corrected chi connectivity index (χ3v) is 5.85. The van der Waals surface area contributed by atoms with Gasteiger partial charge in [-0.3, -0.25) is 4.90 Å². The van der Waals surface area contributed by atoms with Crippen LogP contribution in [0.5, 0.6) is 0 Å². The lowest BCUT2D eigenvalue weighted by atomic mass is 9.75. The van der Waals surface area contributed by atoms with Gasteiger partial charge in [-0.1, -0.05) is 34.1 Å². The number of hydrogen-bond donors (Lipinski definition) is 1. The third-order valence-electron chi connectivity index (χ3n) is 5.85. The fourth-order valence-corrected chi connectivity index (χ4v) is 4.18. The first-order chi connectivity index (χ1) is 11.0. The molecule has 4 unspecified atom stereocenters. The summed E-state index contributed by atoms with van der Waals surface area (Å²) < 4.78 is 6.19. The molecule has 0 amide bonds. The number of halogens is 1. The summed E-state index contributed by atoms with van der Waals surface area (Å²) in [6, 6.07) is 0. The second-order valence-corrected chi connectivity index (χ2v) is 8.09. The van der Waals surface area contributed by atoms with Crippen molar-refractivity contribution < 1.29 is 9.84 Å². The van der Waals surface area contributed by atoms with Gasteiger partial charge in [0.15, 0.2) is 0 Å². The highest BCUT2D eigenvalue weighted by Gasteiger charge is 2.31. The number of hydrogen-bond acceptors (Lipinski definition) is 4. The van der Waals surface area contributed by atoms with Gasteiger partial charge < -0.3 is 14.7 Å². The summed E-state index contributed by atoms with van der Waals surface area (Å²) in [4.78, 5) is 4.85. The second kappa shape index (κ2) is 11.0. The van der Waals surface area contributed by atoms with E-state index in [1.165, 1.54) is 12.8 Å². The van der Waals surface area contributed by atoms with E-state index in [0.717, 1.165) is 51.6 Å². The van der Waals surface area contributed by atoms with E-state index >= 15 is 0 Å². The van der Waals surface area contributed by atoms with Crippen molar-refractivity contribution in [2.75, 3.05) is 45.9 Å². The first-order valence-electron chi connectivity index (χ1n) is 9.74. The Morgan fingerprint density at radius 3 is 2.29 bits per heavy atom. The van der Waals surface area contributed by atoms with Crippen molar-refractivity contribution in [1.82, 2.24) is 9.80 Å². The van der Waals surface area contributed by atoms with Gasteiger partial charge in [-0.2, -0.15) is 0 Å². The monoisotopic (exact) mass is 362 g/mol. The van der Waals surface area contributed by atoms with Gasteiger partial charge in [-0.25, -0.2) is 0 Å². The number of likely N-dealkylation sites (N-methyl/N-ethyl adjacent to an activating group) is 1. The summed E-state index contributed by atoms with van der Waals surface area (Å²) in [7, 11) is 0. The molecule has 1 saturated heterocycles. The van der Waals surface area contributed by atoms with Gasteiger partial charge >= 0.3 is 0 Å². The van der Waals surface area contributed by atoms with Gasteiger partial charge in [0.25, 0.3) is 0 Å². The zero-order chi connectivity index (χ0) is 16.8. The SMILES string of the molecule is CCN1CCN(CC(O)COC2CC(C)CCC2C(C)C)CC1.Cl. The maximum absolute atomic E-state index is 10.4. The largest absolute Gasteiger partial charge is 0.389 e. The van der Waals surface area contributed by atoms with E-state index in [9.17, 15) is 5.11 Å².